The summed E-state index contributed by atoms with van der Waals surface area (Å²) in [5, 5.41) is 9.61. The Labute approximate surface area is 198 Å². The molecule has 1 aromatic carbocycles. The van der Waals surface area contributed by atoms with Crippen LogP contribution in [-0.2, 0) is 0 Å². The number of nitrogens with zero attached hydrogens (tertiary/aromatic N) is 4. The molecule has 1 aliphatic heterocycles. The standard InChI is InChI=1S/C22H22ClF3N6O2/c23-22(25,26)34-17-3-1-16(2-4-17)29-21(33)15-13-18(19-5-7-28-30-19)20(27-14-15)32-11-9-31(8-6-24)10-12-32/h1-5,7,13-14H,6,8-12H2,(H,28,30)(H,29,33). The third kappa shape index (κ3) is 5.97. The van der Waals surface area contributed by atoms with Crippen molar-refractivity contribution in [2.24, 2.45) is 0 Å². The molecule has 8 nitrogen and oxygen atoms in total. The van der Waals surface area contributed by atoms with Crippen molar-refractivity contribution in [3.8, 4) is 17.0 Å². The maximum Gasteiger partial charge on any atom is 0.487 e. The fourth-order valence-corrected chi connectivity index (χ4v) is 3.77. The van der Waals surface area contributed by atoms with Crippen molar-refractivity contribution in [2.45, 2.75) is 5.57 Å². The van der Waals surface area contributed by atoms with Crippen LogP contribution >= 0.6 is 11.6 Å². The first-order valence-electron chi connectivity index (χ1n) is 10.5. The van der Waals surface area contributed by atoms with E-state index in [1.807, 2.05) is 0 Å². The number of carbonyl (C=O) groups excluding carboxylic acids is 1. The summed E-state index contributed by atoms with van der Waals surface area (Å²) in [7, 11) is 0. The second kappa shape index (κ2) is 10.3. The lowest BCUT2D eigenvalue weighted by Gasteiger charge is -2.35. The van der Waals surface area contributed by atoms with Crippen LogP contribution in [0.25, 0.3) is 11.3 Å². The minimum atomic E-state index is -3.82. The summed E-state index contributed by atoms with van der Waals surface area (Å²) in [6, 6.07) is 8.88. The van der Waals surface area contributed by atoms with Crippen LogP contribution in [0.4, 0.5) is 24.7 Å². The molecule has 180 valence electrons. The quantitative estimate of drug-likeness (QED) is 0.461. The summed E-state index contributed by atoms with van der Waals surface area (Å²) < 4.78 is 42.4. The van der Waals surface area contributed by atoms with Gasteiger partial charge in [-0.2, -0.15) is 5.10 Å². The number of alkyl halides is 4. The van der Waals surface area contributed by atoms with Crippen LogP contribution in [0.2, 0.25) is 0 Å². The van der Waals surface area contributed by atoms with E-state index >= 15 is 0 Å². The number of ether oxygens (including phenoxy) is 1. The highest BCUT2D eigenvalue weighted by Crippen LogP contribution is 2.30. The first kappa shape index (κ1) is 23.8. The summed E-state index contributed by atoms with van der Waals surface area (Å²) in [6.07, 6.45) is 3.09. The van der Waals surface area contributed by atoms with Gasteiger partial charge < -0.3 is 15.0 Å². The molecule has 1 aliphatic rings. The zero-order chi connectivity index (χ0) is 24.1. The minimum Gasteiger partial charge on any atom is -0.420 e. The van der Waals surface area contributed by atoms with Crippen molar-refractivity contribution < 1.29 is 22.7 Å². The second-order valence-electron chi connectivity index (χ2n) is 7.61. The SMILES string of the molecule is O=C(Nc1ccc(OC(F)(F)Cl)cc1)c1cnc(N2CCN(CCF)CC2)c(-c2ccn[nH]2)c1. The van der Waals surface area contributed by atoms with Crippen molar-refractivity contribution in [3.63, 3.8) is 0 Å². The molecular weight excluding hydrogens is 473 g/mol. The summed E-state index contributed by atoms with van der Waals surface area (Å²) in [6.45, 7) is 2.81. The highest BCUT2D eigenvalue weighted by molar-refractivity contribution is 6.20. The van der Waals surface area contributed by atoms with E-state index in [0.29, 0.717) is 61.0 Å². The lowest BCUT2D eigenvalue weighted by atomic mass is 10.1. The van der Waals surface area contributed by atoms with Gasteiger partial charge in [-0.3, -0.25) is 14.8 Å². The molecular formula is C22H22ClF3N6O2. The van der Waals surface area contributed by atoms with Crippen molar-refractivity contribution in [1.29, 1.82) is 0 Å². The van der Waals surface area contributed by atoms with Crippen LogP contribution < -0.4 is 15.0 Å². The molecule has 4 rings (SSSR count). The summed E-state index contributed by atoms with van der Waals surface area (Å²) in [5.41, 5.74) is -1.73. The number of halogens is 4. The zero-order valence-electron chi connectivity index (χ0n) is 18.0. The van der Waals surface area contributed by atoms with Gasteiger partial charge in [0.15, 0.2) is 0 Å². The summed E-state index contributed by atoms with van der Waals surface area (Å²) in [4.78, 5) is 21.5. The van der Waals surface area contributed by atoms with Gasteiger partial charge in [0.05, 0.1) is 11.3 Å². The van der Waals surface area contributed by atoms with E-state index in [-0.39, 0.29) is 12.4 Å². The minimum absolute atomic E-state index is 0.142. The highest BCUT2D eigenvalue weighted by Gasteiger charge is 2.27. The van der Waals surface area contributed by atoms with Gasteiger partial charge in [-0.1, -0.05) is 0 Å². The predicted molar refractivity (Wildman–Crippen MR) is 122 cm³/mol. The smallest absolute Gasteiger partial charge is 0.420 e. The Morgan fingerprint density at radius 2 is 1.91 bits per heavy atom. The molecule has 0 bridgehead atoms. The third-order valence-electron chi connectivity index (χ3n) is 5.34. The van der Waals surface area contributed by atoms with E-state index in [1.54, 1.807) is 18.3 Å². The van der Waals surface area contributed by atoms with Crippen LogP contribution in [-0.4, -0.2) is 71.0 Å². The first-order chi connectivity index (χ1) is 16.3. The number of amides is 1. The molecule has 3 aromatic rings. The molecule has 1 amide bonds. The van der Waals surface area contributed by atoms with Gasteiger partial charge in [-0.15, -0.1) is 8.78 Å². The van der Waals surface area contributed by atoms with E-state index < -0.39 is 11.5 Å². The Hall–Kier alpha value is -3.31. The highest BCUT2D eigenvalue weighted by atomic mass is 35.5. The van der Waals surface area contributed by atoms with E-state index in [0.717, 1.165) is 0 Å². The summed E-state index contributed by atoms with van der Waals surface area (Å²) >= 11 is 4.76. The molecule has 34 heavy (non-hydrogen) atoms. The molecule has 1 fully saturated rings. The number of pyridine rings is 1. The summed E-state index contributed by atoms with van der Waals surface area (Å²) in [5.74, 6) is 0.130. The molecule has 0 spiro atoms. The van der Waals surface area contributed by atoms with E-state index in [1.165, 1.54) is 30.5 Å². The number of piperazine rings is 1. The lowest BCUT2D eigenvalue weighted by molar-refractivity contribution is -0.0964. The van der Waals surface area contributed by atoms with E-state index in [9.17, 15) is 18.0 Å². The van der Waals surface area contributed by atoms with Crippen LogP contribution in [0.3, 0.4) is 0 Å². The van der Waals surface area contributed by atoms with Crippen LogP contribution in [0.5, 0.6) is 5.75 Å². The van der Waals surface area contributed by atoms with Gasteiger partial charge in [0.1, 0.15) is 18.2 Å². The topological polar surface area (TPSA) is 86.4 Å². The average molecular weight is 495 g/mol. The number of anilines is 2. The predicted octanol–water partition coefficient (Wildman–Crippen LogP) is 3.98. The number of rotatable bonds is 8. The fourth-order valence-electron chi connectivity index (χ4n) is 3.68. The third-order valence-corrected chi connectivity index (χ3v) is 5.42. The molecule has 0 aliphatic carbocycles. The molecule has 2 aromatic heterocycles. The Morgan fingerprint density at radius 1 is 1.18 bits per heavy atom. The van der Waals surface area contributed by atoms with Gasteiger partial charge in [0, 0.05) is 68.0 Å². The maximum atomic E-state index is 12.8. The van der Waals surface area contributed by atoms with Crippen molar-refractivity contribution in [1.82, 2.24) is 20.1 Å². The number of aromatic amines is 1. The largest absolute Gasteiger partial charge is 0.487 e. The number of H-pyrrole nitrogens is 1. The zero-order valence-corrected chi connectivity index (χ0v) is 18.7. The van der Waals surface area contributed by atoms with Gasteiger partial charge in [-0.25, -0.2) is 9.37 Å². The Bertz CT molecular complexity index is 1100. The Balaban J connectivity index is 1.51. The van der Waals surface area contributed by atoms with Gasteiger partial charge in [0.25, 0.3) is 5.91 Å². The monoisotopic (exact) mass is 494 g/mol. The van der Waals surface area contributed by atoms with Crippen molar-refractivity contribution in [2.75, 3.05) is 49.6 Å². The number of hydrogen-bond donors (Lipinski definition) is 2. The fraction of sp³-hybridized carbons (Fsp3) is 0.318. The van der Waals surface area contributed by atoms with E-state index in [4.69, 9.17) is 11.6 Å². The number of aromatic nitrogens is 3. The molecule has 0 atom stereocenters. The van der Waals surface area contributed by atoms with Gasteiger partial charge >= 0.3 is 5.57 Å². The molecule has 3 heterocycles. The molecule has 0 saturated carbocycles. The number of benzene rings is 1. The lowest BCUT2D eigenvalue weighted by Crippen LogP contribution is -2.47. The number of hydrogen-bond acceptors (Lipinski definition) is 6. The Kier molecular flexibility index (Phi) is 7.23. The average Bonchev–Trinajstić information content (AvgIpc) is 3.35. The maximum absolute atomic E-state index is 12.8. The molecule has 1 saturated heterocycles. The van der Waals surface area contributed by atoms with Crippen molar-refractivity contribution in [3.05, 3.63) is 54.4 Å². The van der Waals surface area contributed by atoms with Crippen molar-refractivity contribution >= 4 is 29.0 Å². The van der Waals surface area contributed by atoms with Crippen LogP contribution in [0.1, 0.15) is 10.4 Å². The first-order valence-corrected chi connectivity index (χ1v) is 10.9. The van der Waals surface area contributed by atoms with Crippen LogP contribution in [0.15, 0.2) is 48.8 Å². The normalized spacial score (nSPS) is 14.8. The van der Waals surface area contributed by atoms with Gasteiger partial charge in [-0.05, 0) is 36.4 Å². The van der Waals surface area contributed by atoms with Crippen LogP contribution in [0, 0.1) is 0 Å². The second-order valence-corrected chi connectivity index (χ2v) is 8.05. The molecule has 0 unspecified atom stereocenters. The molecule has 0 radical (unpaired) electrons. The number of nitrogens with one attached hydrogen (secondary N) is 2. The van der Waals surface area contributed by atoms with Gasteiger partial charge in [0.2, 0.25) is 0 Å². The number of carbonyl (C=O) groups is 1. The van der Waals surface area contributed by atoms with E-state index in [2.05, 4.69) is 35.0 Å². The molecule has 2 N–H and O–H groups in total. The molecule has 12 heteroatoms. The Morgan fingerprint density at radius 3 is 2.53 bits per heavy atom.